The molecule has 1 aromatic carbocycles. The van der Waals surface area contributed by atoms with Gasteiger partial charge in [0, 0.05) is 38.3 Å². The van der Waals surface area contributed by atoms with Gasteiger partial charge in [0.15, 0.2) is 0 Å². The van der Waals surface area contributed by atoms with Crippen molar-refractivity contribution in [1.82, 2.24) is 14.5 Å². The Morgan fingerprint density at radius 2 is 1.91 bits per heavy atom. The molecule has 3 heterocycles. The molecule has 1 unspecified atom stereocenters. The number of pyridine rings is 2. The molecule has 0 bridgehead atoms. The first kappa shape index (κ1) is 21.9. The highest BCUT2D eigenvalue weighted by Gasteiger charge is 2.35. The minimum absolute atomic E-state index is 0.0226. The second-order valence-corrected chi connectivity index (χ2v) is 8.37. The van der Waals surface area contributed by atoms with Crippen LogP contribution in [0.2, 0.25) is 0 Å². The number of aliphatic hydroxyl groups is 1. The predicted molar refractivity (Wildman–Crippen MR) is 122 cm³/mol. The molecule has 1 fully saturated rings. The number of aliphatic hydroxyl groups excluding tert-OH is 1. The van der Waals surface area contributed by atoms with E-state index in [1.54, 1.807) is 41.9 Å². The Morgan fingerprint density at radius 1 is 1.19 bits per heavy atom. The zero-order valence-electron chi connectivity index (χ0n) is 18.4. The fraction of sp³-hybridized carbons (Fsp3) is 0.375. The van der Waals surface area contributed by atoms with E-state index in [1.807, 2.05) is 0 Å². The monoisotopic (exact) mass is 435 g/mol. The van der Waals surface area contributed by atoms with E-state index in [-0.39, 0.29) is 41.9 Å². The van der Waals surface area contributed by atoms with Crippen molar-refractivity contribution < 1.29 is 9.50 Å². The molecule has 4 rings (SSSR count). The quantitative estimate of drug-likeness (QED) is 0.638. The molecule has 0 radical (unpaired) electrons. The van der Waals surface area contributed by atoms with E-state index in [0.29, 0.717) is 24.1 Å². The largest absolute Gasteiger partial charge is 0.394 e. The van der Waals surface area contributed by atoms with Gasteiger partial charge in [-0.3, -0.25) is 9.69 Å². The standard InChI is InChI=1S/C24H26FN5O2/c1-15-13-30(21(14-31)17-5-7-18(25)8-6-17)16(2)12-29(15)20-11-23(32)28(4)19-9-10-22(26-3)27-24(19)20/h5-11,15-16,21,31H,12-14H2,1-2,4H3/t15-,16+,21?/m0/s1. The van der Waals surface area contributed by atoms with Crippen LogP contribution in [-0.4, -0.2) is 51.3 Å². The number of hydrogen-bond acceptors (Lipinski definition) is 5. The first-order valence-corrected chi connectivity index (χ1v) is 10.6. The summed E-state index contributed by atoms with van der Waals surface area (Å²) in [6.45, 7) is 12.6. The Morgan fingerprint density at radius 3 is 2.56 bits per heavy atom. The lowest BCUT2D eigenvalue weighted by Crippen LogP contribution is -2.58. The van der Waals surface area contributed by atoms with Gasteiger partial charge in [-0.2, -0.15) is 0 Å². The van der Waals surface area contributed by atoms with Gasteiger partial charge in [-0.1, -0.05) is 18.7 Å². The topological polar surface area (TPSA) is 66.0 Å². The fourth-order valence-corrected chi connectivity index (χ4v) is 4.59. The van der Waals surface area contributed by atoms with Gasteiger partial charge in [-0.25, -0.2) is 4.39 Å². The summed E-state index contributed by atoms with van der Waals surface area (Å²) in [5, 5.41) is 10.1. The van der Waals surface area contributed by atoms with Gasteiger partial charge in [0.1, 0.15) is 5.82 Å². The fourth-order valence-electron chi connectivity index (χ4n) is 4.59. The molecule has 166 valence electrons. The van der Waals surface area contributed by atoms with Crippen molar-refractivity contribution in [2.24, 2.45) is 7.05 Å². The molecule has 0 saturated carbocycles. The summed E-state index contributed by atoms with van der Waals surface area (Å²) < 4.78 is 14.9. The number of aryl methyl sites for hydroxylation is 1. The van der Waals surface area contributed by atoms with Gasteiger partial charge in [-0.05, 0) is 43.7 Å². The maximum atomic E-state index is 13.4. The normalized spacial score (nSPS) is 20.3. The molecule has 0 spiro atoms. The summed E-state index contributed by atoms with van der Waals surface area (Å²) in [5.41, 5.74) is 2.76. The van der Waals surface area contributed by atoms with Crippen molar-refractivity contribution >= 4 is 22.5 Å². The minimum Gasteiger partial charge on any atom is -0.394 e. The maximum Gasteiger partial charge on any atom is 0.270 e. The lowest BCUT2D eigenvalue weighted by atomic mass is 9.99. The first-order chi connectivity index (χ1) is 15.3. The summed E-state index contributed by atoms with van der Waals surface area (Å²) in [4.78, 5) is 25.0. The zero-order valence-corrected chi connectivity index (χ0v) is 18.4. The van der Waals surface area contributed by atoms with Crippen LogP contribution in [-0.2, 0) is 7.05 Å². The first-order valence-electron chi connectivity index (χ1n) is 10.6. The van der Waals surface area contributed by atoms with Gasteiger partial charge in [0.25, 0.3) is 11.4 Å². The Balaban J connectivity index is 1.70. The number of halogens is 1. The molecule has 32 heavy (non-hydrogen) atoms. The van der Waals surface area contributed by atoms with E-state index >= 15 is 0 Å². The number of rotatable bonds is 4. The minimum atomic E-state index is -0.305. The second-order valence-electron chi connectivity index (χ2n) is 8.37. The summed E-state index contributed by atoms with van der Waals surface area (Å²) in [7, 11) is 1.70. The summed E-state index contributed by atoms with van der Waals surface area (Å²) in [6, 6.07) is 11.1. The molecule has 3 atom stereocenters. The zero-order chi connectivity index (χ0) is 23.0. The molecule has 7 nitrogen and oxygen atoms in total. The van der Waals surface area contributed by atoms with E-state index in [1.165, 1.54) is 12.1 Å². The maximum absolute atomic E-state index is 13.4. The summed E-state index contributed by atoms with van der Waals surface area (Å²) in [6.07, 6.45) is 0. The van der Waals surface area contributed by atoms with Gasteiger partial charge in [0.05, 0.1) is 23.9 Å². The van der Waals surface area contributed by atoms with Crippen LogP contribution >= 0.6 is 0 Å². The Hall–Kier alpha value is -3.28. The molecule has 1 N–H and O–H groups in total. The average Bonchev–Trinajstić information content (AvgIpc) is 2.79. The third kappa shape index (κ3) is 3.85. The Kier molecular flexibility index (Phi) is 5.96. The predicted octanol–water partition coefficient (Wildman–Crippen LogP) is 3.26. The summed E-state index contributed by atoms with van der Waals surface area (Å²) in [5.74, 6) is -0.0196. The van der Waals surface area contributed by atoms with Crippen molar-refractivity contribution in [3.05, 3.63) is 75.6 Å². The third-order valence-electron chi connectivity index (χ3n) is 6.34. The molecule has 0 aliphatic carbocycles. The number of anilines is 1. The van der Waals surface area contributed by atoms with Crippen molar-refractivity contribution in [1.29, 1.82) is 0 Å². The highest BCUT2D eigenvalue weighted by atomic mass is 19.1. The van der Waals surface area contributed by atoms with E-state index in [2.05, 4.69) is 33.5 Å². The van der Waals surface area contributed by atoms with Crippen molar-refractivity contribution in [3.8, 4) is 0 Å². The molecule has 1 aliphatic rings. The average molecular weight is 436 g/mol. The van der Waals surface area contributed by atoms with Crippen molar-refractivity contribution in [2.75, 3.05) is 24.6 Å². The molecular formula is C24H26FN5O2. The number of aromatic nitrogens is 2. The van der Waals surface area contributed by atoms with Gasteiger partial charge >= 0.3 is 0 Å². The highest BCUT2D eigenvalue weighted by molar-refractivity contribution is 5.89. The number of benzene rings is 1. The Labute approximate surface area is 186 Å². The van der Waals surface area contributed by atoms with Gasteiger partial charge in [-0.15, -0.1) is 4.98 Å². The van der Waals surface area contributed by atoms with Crippen LogP contribution in [0.5, 0.6) is 0 Å². The lowest BCUT2D eigenvalue weighted by molar-refractivity contribution is 0.0680. The SMILES string of the molecule is [C-]#[N+]c1ccc2c(n1)c(N1C[C@@H](C)N(C(CO)c3ccc(F)cc3)C[C@@H]1C)cc(=O)n2C. The van der Waals surface area contributed by atoms with Crippen LogP contribution in [0.4, 0.5) is 15.9 Å². The molecule has 2 aromatic heterocycles. The highest BCUT2D eigenvalue weighted by Crippen LogP contribution is 2.33. The lowest BCUT2D eigenvalue weighted by Gasteiger charge is -2.48. The van der Waals surface area contributed by atoms with E-state index in [4.69, 9.17) is 6.57 Å². The smallest absolute Gasteiger partial charge is 0.270 e. The molecule has 1 aliphatic heterocycles. The van der Waals surface area contributed by atoms with Crippen molar-refractivity contribution in [3.63, 3.8) is 0 Å². The molecule has 3 aromatic rings. The van der Waals surface area contributed by atoms with Gasteiger partial charge < -0.3 is 19.4 Å². The number of fused-ring (bicyclic) bond motifs is 1. The molecule has 0 amide bonds. The van der Waals surface area contributed by atoms with E-state index in [9.17, 15) is 14.3 Å². The number of piperazine rings is 1. The Bertz CT molecular complexity index is 1230. The number of hydrogen-bond donors (Lipinski definition) is 1. The van der Waals surface area contributed by atoms with E-state index < -0.39 is 0 Å². The van der Waals surface area contributed by atoms with E-state index in [0.717, 1.165) is 11.3 Å². The van der Waals surface area contributed by atoms with Crippen LogP contribution in [0.1, 0.15) is 25.5 Å². The van der Waals surface area contributed by atoms with Gasteiger partial charge in [0.2, 0.25) is 5.52 Å². The van der Waals surface area contributed by atoms with Crippen LogP contribution in [0.3, 0.4) is 0 Å². The summed E-state index contributed by atoms with van der Waals surface area (Å²) >= 11 is 0. The third-order valence-corrected chi connectivity index (χ3v) is 6.34. The van der Waals surface area contributed by atoms with Crippen molar-refractivity contribution in [2.45, 2.75) is 32.0 Å². The van der Waals surface area contributed by atoms with Crippen LogP contribution in [0.25, 0.3) is 15.9 Å². The van der Waals surface area contributed by atoms with Crippen LogP contribution in [0.15, 0.2) is 47.3 Å². The molecule has 8 heteroatoms. The second kappa shape index (κ2) is 8.69. The van der Waals surface area contributed by atoms with Crippen LogP contribution in [0, 0.1) is 12.4 Å². The van der Waals surface area contributed by atoms with Crippen LogP contribution < -0.4 is 10.5 Å². The molecular weight excluding hydrogens is 409 g/mol. The number of nitrogens with zero attached hydrogens (tertiary/aromatic N) is 5. The molecule has 1 saturated heterocycles.